The average Bonchev–Trinajstić information content (AvgIpc) is 3.36. The summed E-state index contributed by atoms with van der Waals surface area (Å²) in [5.41, 5.74) is 7.78. The smallest absolute Gasteiger partial charge is 0.173 e. The van der Waals surface area contributed by atoms with Gasteiger partial charge >= 0.3 is 0 Å². The molecule has 5 rings (SSSR count). The number of rotatable bonds is 3. The molecule has 2 aromatic carbocycles. The molecule has 3 heterocycles. The normalized spacial score (nSPS) is 13.4. The van der Waals surface area contributed by atoms with Gasteiger partial charge < -0.3 is 15.4 Å². The SMILES string of the molecule is CCc1ccc(-c2nn(C)c(-c3nc4cc5c(cc4[nH]3)CNC5)c2O)cc1. The molecule has 0 unspecified atom stereocenters. The Hall–Kier alpha value is -3.12. The van der Waals surface area contributed by atoms with Crippen molar-refractivity contribution >= 4 is 11.0 Å². The van der Waals surface area contributed by atoms with Gasteiger partial charge in [0.1, 0.15) is 11.4 Å². The molecule has 0 fully saturated rings. The Morgan fingerprint density at radius 3 is 2.59 bits per heavy atom. The number of hydrogen-bond donors (Lipinski definition) is 3. The molecule has 0 saturated carbocycles. The van der Waals surface area contributed by atoms with E-state index in [0.717, 1.165) is 36.1 Å². The first-order valence-corrected chi connectivity index (χ1v) is 9.22. The molecule has 0 atom stereocenters. The number of nitrogens with one attached hydrogen (secondary N) is 2. The van der Waals surface area contributed by atoms with E-state index in [-0.39, 0.29) is 5.75 Å². The largest absolute Gasteiger partial charge is 0.504 e. The van der Waals surface area contributed by atoms with Crippen molar-refractivity contribution in [2.24, 2.45) is 7.05 Å². The average molecular weight is 359 g/mol. The van der Waals surface area contributed by atoms with E-state index >= 15 is 0 Å². The molecule has 0 bridgehead atoms. The predicted octanol–water partition coefficient (Wildman–Crippen LogP) is 3.50. The number of benzene rings is 2. The molecule has 136 valence electrons. The molecule has 0 spiro atoms. The molecule has 2 aromatic heterocycles. The number of aryl methyl sites for hydroxylation is 2. The second kappa shape index (κ2) is 5.96. The third-order valence-electron chi connectivity index (χ3n) is 5.32. The van der Waals surface area contributed by atoms with E-state index in [9.17, 15) is 5.11 Å². The van der Waals surface area contributed by atoms with Crippen molar-refractivity contribution < 1.29 is 5.11 Å². The number of hydrogen-bond acceptors (Lipinski definition) is 4. The van der Waals surface area contributed by atoms with Gasteiger partial charge in [-0.2, -0.15) is 5.10 Å². The number of aromatic hydroxyl groups is 1. The van der Waals surface area contributed by atoms with Gasteiger partial charge in [-0.25, -0.2) is 4.98 Å². The van der Waals surface area contributed by atoms with Crippen LogP contribution in [0.3, 0.4) is 0 Å². The first-order valence-electron chi connectivity index (χ1n) is 9.22. The molecule has 1 aliphatic heterocycles. The van der Waals surface area contributed by atoms with Crippen LogP contribution >= 0.6 is 0 Å². The zero-order valence-corrected chi connectivity index (χ0v) is 15.4. The molecule has 0 amide bonds. The van der Waals surface area contributed by atoms with Gasteiger partial charge in [-0.1, -0.05) is 31.2 Å². The standard InChI is InChI=1S/C21H21N5O/c1-3-12-4-6-13(7-5-12)18-20(27)19(26(2)25-18)21-23-16-8-14-10-22-11-15(14)9-17(16)24-21/h4-9,22,27H,3,10-11H2,1-2H3,(H,23,24). The van der Waals surface area contributed by atoms with E-state index in [2.05, 4.69) is 46.6 Å². The summed E-state index contributed by atoms with van der Waals surface area (Å²) in [6.07, 6.45) is 0.984. The Labute approximate surface area is 156 Å². The van der Waals surface area contributed by atoms with Gasteiger partial charge in [0.2, 0.25) is 0 Å². The van der Waals surface area contributed by atoms with Crippen LogP contribution in [0.15, 0.2) is 36.4 Å². The van der Waals surface area contributed by atoms with Gasteiger partial charge in [-0.05, 0) is 35.2 Å². The maximum atomic E-state index is 10.9. The summed E-state index contributed by atoms with van der Waals surface area (Å²) >= 11 is 0. The van der Waals surface area contributed by atoms with Gasteiger partial charge in [-0.15, -0.1) is 0 Å². The van der Waals surface area contributed by atoms with E-state index in [0.29, 0.717) is 17.2 Å². The van der Waals surface area contributed by atoms with Crippen LogP contribution in [0.25, 0.3) is 33.8 Å². The summed E-state index contributed by atoms with van der Waals surface area (Å²) in [4.78, 5) is 8.06. The second-order valence-electron chi connectivity index (χ2n) is 7.05. The topological polar surface area (TPSA) is 78.8 Å². The highest BCUT2D eigenvalue weighted by molar-refractivity contribution is 5.83. The molecule has 0 saturated heterocycles. The Bertz CT molecular complexity index is 1110. The first-order chi connectivity index (χ1) is 13.1. The van der Waals surface area contributed by atoms with Gasteiger partial charge in [0.05, 0.1) is 11.0 Å². The molecule has 0 aliphatic carbocycles. The summed E-state index contributed by atoms with van der Waals surface area (Å²) in [5, 5.41) is 18.8. The third kappa shape index (κ3) is 2.52. The van der Waals surface area contributed by atoms with Crippen LogP contribution in [0.5, 0.6) is 5.75 Å². The summed E-state index contributed by atoms with van der Waals surface area (Å²) in [6, 6.07) is 12.4. The Kier molecular flexibility index (Phi) is 3.55. The molecule has 1 aliphatic rings. The van der Waals surface area contributed by atoms with Crippen molar-refractivity contribution in [2.45, 2.75) is 26.4 Å². The van der Waals surface area contributed by atoms with Gasteiger partial charge in [0, 0.05) is 25.7 Å². The van der Waals surface area contributed by atoms with E-state index in [1.807, 2.05) is 19.2 Å². The maximum Gasteiger partial charge on any atom is 0.173 e. The van der Waals surface area contributed by atoms with E-state index < -0.39 is 0 Å². The van der Waals surface area contributed by atoms with Gasteiger partial charge in [0.15, 0.2) is 11.6 Å². The van der Waals surface area contributed by atoms with Crippen molar-refractivity contribution in [3.8, 4) is 28.5 Å². The van der Waals surface area contributed by atoms with E-state index in [1.54, 1.807) is 4.68 Å². The molecule has 27 heavy (non-hydrogen) atoms. The fraction of sp³-hybridized carbons (Fsp3) is 0.238. The Morgan fingerprint density at radius 2 is 1.85 bits per heavy atom. The summed E-state index contributed by atoms with van der Waals surface area (Å²) in [6.45, 7) is 3.88. The van der Waals surface area contributed by atoms with Crippen molar-refractivity contribution in [1.82, 2.24) is 25.1 Å². The third-order valence-corrected chi connectivity index (χ3v) is 5.32. The predicted molar refractivity (Wildman–Crippen MR) is 105 cm³/mol. The minimum atomic E-state index is 0.148. The van der Waals surface area contributed by atoms with E-state index in [1.165, 1.54) is 16.7 Å². The van der Waals surface area contributed by atoms with Crippen LogP contribution in [0.4, 0.5) is 0 Å². The highest BCUT2D eigenvalue weighted by Gasteiger charge is 2.22. The van der Waals surface area contributed by atoms with Crippen LogP contribution in [-0.2, 0) is 26.6 Å². The highest BCUT2D eigenvalue weighted by Crippen LogP contribution is 2.37. The lowest BCUT2D eigenvalue weighted by molar-refractivity contribution is 0.478. The molecule has 4 aromatic rings. The van der Waals surface area contributed by atoms with Crippen LogP contribution < -0.4 is 5.32 Å². The lowest BCUT2D eigenvalue weighted by atomic mass is 10.1. The van der Waals surface area contributed by atoms with Crippen LogP contribution in [-0.4, -0.2) is 24.9 Å². The van der Waals surface area contributed by atoms with Gasteiger partial charge in [-0.3, -0.25) is 4.68 Å². The van der Waals surface area contributed by atoms with E-state index in [4.69, 9.17) is 4.98 Å². The fourth-order valence-electron chi connectivity index (χ4n) is 3.79. The highest BCUT2D eigenvalue weighted by atomic mass is 16.3. The van der Waals surface area contributed by atoms with Crippen molar-refractivity contribution in [1.29, 1.82) is 0 Å². The quantitative estimate of drug-likeness (QED) is 0.523. The van der Waals surface area contributed by atoms with Crippen molar-refractivity contribution in [3.05, 3.63) is 53.1 Å². The molecule has 6 nitrogen and oxygen atoms in total. The maximum absolute atomic E-state index is 10.9. The van der Waals surface area contributed by atoms with Crippen LogP contribution in [0.1, 0.15) is 23.6 Å². The van der Waals surface area contributed by atoms with Crippen molar-refractivity contribution in [3.63, 3.8) is 0 Å². The molecular formula is C21H21N5O. The number of imidazole rings is 1. The zero-order chi connectivity index (χ0) is 18.5. The summed E-state index contributed by atoms with van der Waals surface area (Å²) in [7, 11) is 1.83. The Balaban J connectivity index is 1.61. The zero-order valence-electron chi connectivity index (χ0n) is 15.4. The lowest BCUT2D eigenvalue weighted by Crippen LogP contribution is -1.99. The number of fused-ring (bicyclic) bond motifs is 2. The first kappa shape index (κ1) is 16.1. The summed E-state index contributed by atoms with van der Waals surface area (Å²) in [5.74, 6) is 0.778. The molecule has 0 radical (unpaired) electrons. The molecule has 3 N–H and O–H groups in total. The fourth-order valence-corrected chi connectivity index (χ4v) is 3.79. The minimum absolute atomic E-state index is 0.148. The van der Waals surface area contributed by atoms with Gasteiger partial charge in [0.25, 0.3) is 0 Å². The number of nitrogens with zero attached hydrogens (tertiary/aromatic N) is 3. The Morgan fingerprint density at radius 1 is 1.11 bits per heavy atom. The van der Waals surface area contributed by atoms with Crippen LogP contribution in [0.2, 0.25) is 0 Å². The number of H-pyrrole nitrogens is 1. The number of aromatic nitrogens is 4. The molecular weight excluding hydrogens is 338 g/mol. The summed E-state index contributed by atoms with van der Waals surface area (Å²) < 4.78 is 1.69. The number of aromatic amines is 1. The lowest BCUT2D eigenvalue weighted by Gasteiger charge is -2.00. The second-order valence-corrected chi connectivity index (χ2v) is 7.05. The monoisotopic (exact) mass is 359 g/mol. The molecule has 6 heteroatoms. The van der Waals surface area contributed by atoms with Crippen molar-refractivity contribution in [2.75, 3.05) is 0 Å². The van der Waals surface area contributed by atoms with Crippen LogP contribution in [0, 0.1) is 0 Å². The minimum Gasteiger partial charge on any atom is -0.504 e.